The second-order valence-electron chi connectivity index (χ2n) is 3.02. The van der Waals surface area contributed by atoms with Crippen molar-refractivity contribution in [2.45, 2.75) is 18.1 Å². The molecular formula is C7H16NO3S. The van der Waals surface area contributed by atoms with E-state index in [-0.39, 0.29) is 6.42 Å². The van der Waals surface area contributed by atoms with Gasteiger partial charge >= 0.3 is 0 Å². The van der Waals surface area contributed by atoms with Crippen LogP contribution in [-0.4, -0.2) is 43.8 Å². The van der Waals surface area contributed by atoms with Crippen LogP contribution < -0.4 is 0 Å². The molecule has 1 atom stereocenters. The highest BCUT2D eigenvalue weighted by molar-refractivity contribution is 7.86. The van der Waals surface area contributed by atoms with Crippen molar-refractivity contribution in [1.29, 1.82) is 0 Å². The molecule has 0 aliphatic heterocycles. The minimum Gasteiger partial charge on any atom is -0.309 e. The van der Waals surface area contributed by atoms with Crippen molar-refractivity contribution < 1.29 is 13.0 Å². The highest BCUT2D eigenvalue weighted by Gasteiger charge is 2.20. The summed E-state index contributed by atoms with van der Waals surface area (Å²) in [6, 6.07) is 0. The largest absolute Gasteiger partial charge is 0.309 e. The van der Waals surface area contributed by atoms with Crippen LogP contribution in [0, 0.1) is 6.92 Å². The zero-order valence-electron chi connectivity index (χ0n) is 7.52. The minimum absolute atomic E-state index is 0.215. The zero-order valence-corrected chi connectivity index (χ0v) is 8.34. The minimum atomic E-state index is -3.90. The summed E-state index contributed by atoms with van der Waals surface area (Å²) in [4.78, 5) is 1.87. The normalized spacial score (nSPS) is 15.1. The van der Waals surface area contributed by atoms with Crippen LogP contribution in [0.2, 0.25) is 0 Å². The molecule has 0 aliphatic carbocycles. The molecule has 0 heterocycles. The number of nitrogens with zero attached hydrogens (tertiary/aromatic N) is 1. The van der Waals surface area contributed by atoms with Crippen LogP contribution in [0.4, 0.5) is 0 Å². The molecule has 1 radical (unpaired) electrons. The van der Waals surface area contributed by atoms with Crippen LogP contribution >= 0.6 is 0 Å². The van der Waals surface area contributed by atoms with Crippen molar-refractivity contribution >= 4 is 10.1 Å². The maximum atomic E-state index is 10.7. The average molecular weight is 194 g/mol. The monoisotopic (exact) mass is 194 g/mol. The smallest absolute Gasteiger partial charge is 0.267 e. The van der Waals surface area contributed by atoms with Crippen molar-refractivity contribution in [2.24, 2.45) is 0 Å². The molecule has 0 amide bonds. The lowest BCUT2D eigenvalue weighted by atomic mass is 10.2. The van der Waals surface area contributed by atoms with Gasteiger partial charge in [-0.05, 0) is 33.5 Å². The quantitative estimate of drug-likeness (QED) is 0.644. The van der Waals surface area contributed by atoms with E-state index in [1.165, 1.54) is 0 Å². The van der Waals surface area contributed by atoms with E-state index >= 15 is 0 Å². The summed E-state index contributed by atoms with van der Waals surface area (Å²) in [6.07, 6.45) is 0.641. The first-order chi connectivity index (χ1) is 5.38. The van der Waals surface area contributed by atoms with Crippen molar-refractivity contribution in [2.75, 3.05) is 20.6 Å². The van der Waals surface area contributed by atoms with Crippen LogP contribution in [0.5, 0.6) is 0 Å². The van der Waals surface area contributed by atoms with Gasteiger partial charge in [0, 0.05) is 0 Å². The molecule has 0 fully saturated rings. The third kappa shape index (κ3) is 4.69. The zero-order chi connectivity index (χ0) is 9.78. The van der Waals surface area contributed by atoms with Gasteiger partial charge in [0.05, 0.1) is 5.25 Å². The van der Waals surface area contributed by atoms with Gasteiger partial charge in [-0.1, -0.05) is 6.92 Å². The molecule has 0 aromatic rings. The number of hydrogen-bond donors (Lipinski definition) is 1. The Bertz CT molecular complexity index is 211. The molecule has 0 spiro atoms. The first-order valence-electron chi connectivity index (χ1n) is 3.78. The molecule has 1 N–H and O–H groups in total. The summed E-state index contributed by atoms with van der Waals surface area (Å²) in [5, 5.41) is -0.722. The first-order valence-corrected chi connectivity index (χ1v) is 5.28. The van der Waals surface area contributed by atoms with Crippen LogP contribution in [0.1, 0.15) is 12.8 Å². The first kappa shape index (κ1) is 11.9. The third-order valence-corrected chi connectivity index (χ3v) is 2.96. The van der Waals surface area contributed by atoms with E-state index in [2.05, 4.69) is 6.92 Å². The van der Waals surface area contributed by atoms with E-state index < -0.39 is 15.4 Å². The summed E-state index contributed by atoms with van der Waals surface area (Å²) >= 11 is 0. The van der Waals surface area contributed by atoms with E-state index in [1.807, 2.05) is 19.0 Å². The molecular weight excluding hydrogens is 178 g/mol. The standard InChI is InChI=1S/C7H16NO3S/c1-4-7(12(9,10)11)5-6-8(2)3/h7H,1,4-6H2,2-3H3,(H,9,10,11). The molecule has 73 valence electrons. The Morgan fingerprint density at radius 3 is 2.25 bits per heavy atom. The SMILES string of the molecule is [CH2]CC(CCN(C)C)S(=O)(=O)O. The number of hydrogen-bond acceptors (Lipinski definition) is 3. The van der Waals surface area contributed by atoms with Crippen LogP contribution in [0.15, 0.2) is 0 Å². The fourth-order valence-electron chi connectivity index (χ4n) is 0.844. The van der Waals surface area contributed by atoms with Crippen molar-refractivity contribution in [3.05, 3.63) is 6.92 Å². The van der Waals surface area contributed by atoms with Gasteiger partial charge in [0.1, 0.15) is 0 Å². The van der Waals surface area contributed by atoms with E-state index in [1.54, 1.807) is 0 Å². The van der Waals surface area contributed by atoms with Crippen molar-refractivity contribution in [3.8, 4) is 0 Å². The van der Waals surface area contributed by atoms with E-state index in [0.717, 1.165) is 0 Å². The van der Waals surface area contributed by atoms with Gasteiger partial charge in [-0.15, -0.1) is 0 Å². The summed E-state index contributed by atoms with van der Waals surface area (Å²) in [5.41, 5.74) is 0. The van der Waals surface area contributed by atoms with E-state index in [4.69, 9.17) is 4.55 Å². The van der Waals surface area contributed by atoms with Gasteiger partial charge in [0.2, 0.25) is 0 Å². The summed E-state index contributed by atoms with van der Waals surface area (Å²) in [5.74, 6) is 0. The van der Waals surface area contributed by atoms with Gasteiger partial charge in [-0.3, -0.25) is 4.55 Å². The highest BCUT2D eigenvalue weighted by atomic mass is 32.2. The topological polar surface area (TPSA) is 57.6 Å². The van der Waals surface area contributed by atoms with Crippen LogP contribution in [0.3, 0.4) is 0 Å². The maximum absolute atomic E-state index is 10.7. The average Bonchev–Trinajstić information content (AvgIpc) is 1.85. The molecule has 0 saturated heterocycles. The molecule has 0 aromatic heterocycles. The van der Waals surface area contributed by atoms with Crippen LogP contribution in [0.25, 0.3) is 0 Å². The fraction of sp³-hybridized carbons (Fsp3) is 0.857. The van der Waals surface area contributed by atoms with Crippen molar-refractivity contribution in [1.82, 2.24) is 4.90 Å². The Morgan fingerprint density at radius 1 is 1.50 bits per heavy atom. The number of rotatable bonds is 5. The van der Waals surface area contributed by atoms with Crippen LogP contribution in [-0.2, 0) is 10.1 Å². The van der Waals surface area contributed by atoms with Gasteiger partial charge in [-0.25, -0.2) is 0 Å². The Balaban J connectivity index is 4.03. The molecule has 1 unspecified atom stereocenters. The molecule has 0 rings (SSSR count). The molecule has 0 saturated carbocycles. The lowest BCUT2D eigenvalue weighted by molar-refractivity contribution is 0.385. The second-order valence-corrected chi connectivity index (χ2v) is 4.71. The van der Waals surface area contributed by atoms with Gasteiger partial charge < -0.3 is 4.90 Å². The van der Waals surface area contributed by atoms with E-state index in [0.29, 0.717) is 13.0 Å². The molecule has 0 bridgehead atoms. The molecule has 4 nitrogen and oxygen atoms in total. The Kier molecular flexibility index (Phi) is 4.74. The lowest BCUT2D eigenvalue weighted by Crippen LogP contribution is -2.25. The Morgan fingerprint density at radius 2 is 2.00 bits per heavy atom. The maximum Gasteiger partial charge on any atom is 0.267 e. The van der Waals surface area contributed by atoms with Gasteiger partial charge in [-0.2, -0.15) is 8.42 Å². The third-order valence-electron chi connectivity index (χ3n) is 1.64. The molecule has 5 heteroatoms. The summed E-state index contributed by atoms with van der Waals surface area (Å²) in [6.45, 7) is 4.11. The fourth-order valence-corrected chi connectivity index (χ4v) is 1.55. The predicted molar refractivity (Wildman–Crippen MR) is 48.5 cm³/mol. The Hall–Kier alpha value is -0.130. The predicted octanol–water partition coefficient (Wildman–Crippen LogP) is 0.419. The molecule has 0 aliphatic rings. The van der Waals surface area contributed by atoms with Crippen molar-refractivity contribution in [3.63, 3.8) is 0 Å². The second kappa shape index (κ2) is 4.79. The van der Waals surface area contributed by atoms with E-state index in [9.17, 15) is 8.42 Å². The summed E-state index contributed by atoms with van der Waals surface area (Å²) in [7, 11) is -0.197. The lowest BCUT2D eigenvalue weighted by Gasteiger charge is -2.14. The Labute approximate surface area is 74.3 Å². The summed E-state index contributed by atoms with van der Waals surface area (Å²) < 4.78 is 30.0. The highest BCUT2D eigenvalue weighted by Crippen LogP contribution is 2.08. The van der Waals surface area contributed by atoms with Gasteiger partial charge in [0.15, 0.2) is 0 Å². The molecule has 0 aromatic carbocycles. The van der Waals surface area contributed by atoms with Gasteiger partial charge in [0.25, 0.3) is 10.1 Å². The molecule has 12 heavy (non-hydrogen) atoms.